The number of thioether (sulfide) groups is 1. The van der Waals surface area contributed by atoms with Crippen molar-refractivity contribution in [3.05, 3.63) is 0 Å². The molecule has 2 heteroatoms. The molecule has 1 saturated heterocycles. The summed E-state index contributed by atoms with van der Waals surface area (Å²) < 4.78 is 0. The molecule has 18 heavy (non-hydrogen) atoms. The molecule has 0 spiro atoms. The summed E-state index contributed by atoms with van der Waals surface area (Å²) >= 11 is 2.21. The Morgan fingerprint density at radius 2 is 1.78 bits per heavy atom. The van der Waals surface area contributed by atoms with Crippen LogP contribution in [0.3, 0.4) is 0 Å². The summed E-state index contributed by atoms with van der Waals surface area (Å²) in [7, 11) is 2.15. The molecule has 0 bridgehead atoms. The molecule has 1 nitrogen and oxygen atoms in total. The lowest BCUT2D eigenvalue weighted by Gasteiger charge is -2.29. The van der Waals surface area contributed by atoms with Crippen molar-refractivity contribution in [3.63, 3.8) is 0 Å². The monoisotopic (exact) mass is 271 g/mol. The van der Waals surface area contributed by atoms with Crippen LogP contribution in [0.25, 0.3) is 0 Å². The van der Waals surface area contributed by atoms with Crippen molar-refractivity contribution in [1.82, 2.24) is 5.32 Å². The van der Waals surface area contributed by atoms with Gasteiger partial charge in [-0.25, -0.2) is 0 Å². The van der Waals surface area contributed by atoms with Crippen molar-refractivity contribution in [1.29, 1.82) is 0 Å². The van der Waals surface area contributed by atoms with E-state index in [2.05, 4.69) is 31.1 Å². The first kappa shape index (κ1) is 16.4. The second-order valence-corrected chi connectivity index (χ2v) is 7.06. The van der Waals surface area contributed by atoms with Crippen LogP contribution < -0.4 is 5.32 Å². The fourth-order valence-electron chi connectivity index (χ4n) is 2.92. The first-order valence-electron chi connectivity index (χ1n) is 8.17. The Hall–Kier alpha value is 0.310. The van der Waals surface area contributed by atoms with Crippen LogP contribution in [0.1, 0.15) is 77.6 Å². The van der Waals surface area contributed by atoms with Gasteiger partial charge in [-0.2, -0.15) is 11.8 Å². The number of nitrogens with one attached hydrogen (secondary N) is 1. The largest absolute Gasteiger partial charge is 0.316 e. The van der Waals surface area contributed by atoms with Crippen molar-refractivity contribution < 1.29 is 0 Å². The summed E-state index contributed by atoms with van der Waals surface area (Å²) in [4.78, 5) is 0. The quantitative estimate of drug-likeness (QED) is 0.561. The van der Waals surface area contributed by atoms with Gasteiger partial charge in [0.25, 0.3) is 0 Å². The third-order valence-electron chi connectivity index (χ3n) is 4.15. The molecule has 1 aliphatic rings. The van der Waals surface area contributed by atoms with Gasteiger partial charge in [0.15, 0.2) is 0 Å². The van der Waals surface area contributed by atoms with Gasteiger partial charge in [-0.3, -0.25) is 0 Å². The zero-order valence-electron chi connectivity index (χ0n) is 12.5. The zero-order chi connectivity index (χ0) is 13.1. The van der Waals surface area contributed by atoms with Crippen molar-refractivity contribution in [2.45, 2.75) is 88.8 Å². The van der Waals surface area contributed by atoms with Gasteiger partial charge >= 0.3 is 0 Å². The van der Waals surface area contributed by atoms with Gasteiger partial charge in [0, 0.05) is 11.3 Å². The van der Waals surface area contributed by atoms with Crippen molar-refractivity contribution in [3.8, 4) is 0 Å². The summed E-state index contributed by atoms with van der Waals surface area (Å²) in [6.07, 6.45) is 15.7. The number of unbranched alkanes of at least 4 members (excludes halogenated alkanes) is 6. The Labute approximate surface area is 119 Å². The molecule has 2 atom stereocenters. The van der Waals surface area contributed by atoms with Gasteiger partial charge in [0.2, 0.25) is 0 Å². The van der Waals surface area contributed by atoms with Crippen molar-refractivity contribution in [2.24, 2.45) is 0 Å². The molecule has 2 unspecified atom stereocenters. The highest BCUT2D eigenvalue weighted by Crippen LogP contribution is 2.29. The van der Waals surface area contributed by atoms with E-state index >= 15 is 0 Å². The maximum Gasteiger partial charge on any atom is 0.0201 e. The van der Waals surface area contributed by atoms with E-state index in [9.17, 15) is 0 Å². The normalized spacial score (nSPS) is 22.0. The van der Waals surface area contributed by atoms with Gasteiger partial charge in [0.05, 0.1) is 0 Å². The van der Waals surface area contributed by atoms with E-state index in [1.807, 2.05) is 0 Å². The maximum atomic E-state index is 3.56. The van der Waals surface area contributed by atoms with Crippen LogP contribution in [-0.2, 0) is 0 Å². The molecule has 1 rings (SSSR count). The van der Waals surface area contributed by atoms with E-state index in [-0.39, 0.29) is 0 Å². The van der Waals surface area contributed by atoms with E-state index in [1.54, 1.807) is 0 Å². The molecule has 1 aliphatic heterocycles. The first-order valence-corrected chi connectivity index (χ1v) is 9.22. The molecule has 0 aliphatic carbocycles. The van der Waals surface area contributed by atoms with E-state index in [0.29, 0.717) is 0 Å². The lowest BCUT2D eigenvalue weighted by atomic mass is 10.00. The highest BCUT2D eigenvalue weighted by atomic mass is 32.2. The minimum absolute atomic E-state index is 0.769. The van der Waals surface area contributed by atoms with Crippen LogP contribution >= 0.6 is 11.8 Å². The van der Waals surface area contributed by atoms with Gasteiger partial charge in [-0.05, 0) is 32.1 Å². The second kappa shape index (κ2) is 11.2. The molecule has 1 fully saturated rings. The Balaban J connectivity index is 2.00. The third kappa shape index (κ3) is 7.04. The first-order chi connectivity index (χ1) is 8.88. The van der Waals surface area contributed by atoms with Gasteiger partial charge in [-0.15, -0.1) is 0 Å². The van der Waals surface area contributed by atoms with E-state index in [1.165, 1.54) is 76.4 Å². The molecule has 1 heterocycles. The number of hydrogen-bond donors (Lipinski definition) is 1. The fourth-order valence-corrected chi connectivity index (χ4v) is 4.43. The summed E-state index contributed by atoms with van der Waals surface area (Å²) in [5.74, 6) is 1.39. The SMILES string of the molecule is CCCCCCCCCC(NC)C1CCCCS1. The predicted octanol–water partition coefficient (Wildman–Crippen LogP) is 5.00. The van der Waals surface area contributed by atoms with Crippen LogP contribution in [0.5, 0.6) is 0 Å². The average molecular weight is 272 g/mol. The van der Waals surface area contributed by atoms with Crippen LogP contribution in [0, 0.1) is 0 Å². The van der Waals surface area contributed by atoms with Crippen molar-refractivity contribution >= 4 is 11.8 Å². The highest BCUT2D eigenvalue weighted by molar-refractivity contribution is 8.00. The lowest BCUT2D eigenvalue weighted by molar-refractivity contribution is 0.445. The molecule has 0 radical (unpaired) electrons. The average Bonchev–Trinajstić information content (AvgIpc) is 2.43. The Morgan fingerprint density at radius 3 is 2.39 bits per heavy atom. The standard InChI is InChI=1S/C16H33NS/c1-3-4-5-6-7-8-9-12-15(17-2)16-13-10-11-14-18-16/h15-17H,3-14H2,1-2H3. The summed E-state index contributed by atoms with van der Waals surface area (Å²) in [6.45, 7) is 2.29. The Kier molecular flexibility index (Phi) is 10.1. The van der Waals surface area contributed by atoms with Gasteiger partial charge in [-0.1, -0.05) is 58.3 Å². The molecular formula is C16H33NS. The lowest BCUT2D eigenvalue weighted by Crippen LogP contribution is -2.37. The van der Waals surface area contributed by atoms with Crippen LogP contribution in [0.4, 0.5) is 0 Å². The van der Waals surface area contributed by atoms with Crippen LogP contribution in [0.2, 0.25) is 0 Å². The number of hydrogen-bond acceptors (Lipinski definition) is 2. The van der Waals surface area contributed by atoms with Crippen LogP contribution in [0.15, 0.2) is 0 Å². The van der Waals surface area contributed by atoms with E-state index in [0.717, 1.165) is 11.3 Å². The minimum Gasteiger partial charge on any atom is -0.316 e. The summed E-state index contributed by atoms with van der Waals surface area (Å²) in [5, 5.41) is 4.45. The fraction of sp³-hybridized carbons (Fsp3) is 1.00. The maximum absolute atomic E-state index is 3.56. The molecule has 1 N–H and O–H groups in total. The second-order valence-electron chi connectivity index (χ2n) is 5.71. The van der Waals surface area contributed by atoms with Crippen LogP contribution in [-0.4, -0.2) is 24.1 Å². The molecule has 0 aromatic rings. The van der Waals surface area contributed by atoms with Gasteiger partial charge < -0.3 is 5.32 Å². The van der Waals surface area contributed by atoms with Crippen molar-refractivity contribution in [2.75, 3.05) is 12.8 Å². The zero-order valence-corrected chi connectivity index (χ0v) is 13.4. The molecule has 0 aromatic carbocycles. The third-order valence-corrected chi connectivity index (χ3v) is 5.67. The molecule has 0 amide bonds. The predicted molar refractivity (Wildman–Crippen MR) is 85.6 cm³/mol. The molecule has 0 aromatic heterocycles. The van der Waals surface area contributed by atoms with E-state index < -0.39 is 0 Å². The number of rotatable bonds is 10. The van der Waals surface area contributed by atoms with Gasteiger partial charge in [0.1, 0.15) is 0 Å². The summed E-state index contributed by atoms with van der Waals surface area (Å²) in [5.41, 5.74) is 0. The van der Waals surface area contributed by atoms with E-state index in [4.69, 9.17) is 0 Å². The molecule has 0 saturated carbocycles. The Bertz CT molecular complexity index is 178. The minimum atomic E-state index is 0.769. The smallest absolute Gasteiger partial charge is 0.0201 e. The molecule has 108 valence electrons. The topological polar surface area (TPSA) is 12.0 Å². The summed E-state index contributed by atoms with van der Waals surface area (Å²) in [6, 6.07) is 0.769. The Morgan fingerprint density at radius 1 is 1.06 bits per heavy atom. The highest BCUT2D eigenvalue weighted by Gasteiger charge is 2.22. The molecular weight excluding hydrogens is 238 g/mol.